The molecule has 3 unspecified atom stereocenters. The Balaban J connectivity index is 4.53. The van der Waals surface area contributed by atoms with Crippen LogP contribution in [0, 0.1) is 0 Å². The van der Waals surface area contributed by atoms with E-state index in [1.54, 1.807) is 0 Å². The van der Waals surface area contributed by atoms with Gasteiger partial charge in [0.05, 0.1) is 12.6 Å². The molecule has 176 valence electrons. The number of primary amides is 1. The largest absolute Gasteiger partial charge is 0.480 e. The number of nitrogens with one attached hydrogen (secondary N) is 3. The molecule has 0 aromatic rings. The van der Waals surface area contributed by atoms with E-state index in [2.05, 4.69) is 33.6 Å². The summed E-state index contributed by atoms with van der Waals surface area (Å²) in [7, 11) is 0. The number of thiol groups is 1. The van der Waals surface area contributed by atoms with Crippen molar-refractivity contribution in [3.8, 4) is 0 Å². The highest BCUT2D eigenvalue weighted by molar-refractivity contribution is 7.80. The molecule has 0 spiro atoms. The maximum atomic E-state index is 12.2. The highest BCUT2D eigenvalue weighted by Gasteiger charge is 2.24. The van der Waals surface area contributed by atoms with Crippen molar-refractivity contribution in [3.05, 3.63) is 0 Å². The number of carbonyl (C=O) groups excluding carboxylic acids is 4. The molecule has 15 heteroatoms. The number of aliphatic imine (C=N–C) groups is 1. The van der Waals surface area contributed by atoms with Crippen LogP contribution in [0.3, 0.4) is 0 Å². The molecule has 0 heterocycles. The Hall–Kier alpha value is -3.07. The number of amides is 4. The Morgan fingerprint density at radius 2 is 1.61 bits per heavy atom. The number of carboxylic acids is 1. The SMILES string of the molecule is NC(=O)CCC(NC(=O)CNC(=O)C(CS)NC(=O)C(N)CCCN=C(N)N)C(=O)O. The van der Waals surface area contributed by atoms with Crippen LogP contribution in [0.15, 0.2) is 4.99 Å². The van der Waals surface area contributed by atoms with Gasteiger partial charge in [-0.2, -0.15) is 12.6 Å². The normalized spacial score (nSPS) is 13.2. The third-order valence-electron chi connectivity index (χ3n) is 3.86. The minimum Gasteiger partial charge on any atom is -0.480 e. The predicted molar refractivity (Wildman–Crippen MR) is 115 cm³/mol. The molecule has 4 amide bonds. The minimum atomic E-state index is -1.35. The van der Waals surface area contributed by atoms with Crippen molar-refractivity contribution in [2.45, 2.75) is 43.8 Å². The number of hydrogen-bond acceptors (Lipinski definition) is 8. The summed E-state index contributed by atoms with van der Waals surface area (Å²) < 4.78 is 0. The van der Waals surface area contributed by atoms with Crippen LogP contribution in [0.2, 0.25) is 0 Å². The second kappa shape index (κ2) is 14.8. The Morgan fingerprint density at radius 3 is 2.13 bits per heavy atom. The summed E-state index contributed by atoms with van der Waals surface area (Å²) in [5.74, 6) is -4.32. The molecule has 0 aliphatic rings. The maximum absolute atomic E-state index is 12.2. The molecule has 14 nitrogen and oxygen atoms in total. The van der Waals surface area contributed by atoms with Crippen LogP contribution in [0.5, 0.6) is 0 Å². The highest BCUT2D eigenvalue weighted by atomic mass is 32.1. The van der Waals surface area contributed by atoms with Crippen molar-refractivity contribution in [3.63, 3.8) is 0 Å². The van der Waals surface area contributed by atoms with Crippen LogP contribution in [0.4, 0.5) is 0 Å². The minimum absolute atomic E-state index is 0.0728. The molecule has 0 aliphatic heterocycles. The number of rotatable bonds is 15. The summed E-state index contributed by atoms with van der Waals surface area (Å²) >= 11 is 4.00. The molecule has 0 rings (SSSR count). The lowest BCUT2D eigenvalue weighted by Crippen LogP contribution is -2.54. The summed E-state index contributed by atoms with van der Waals surface area (Å²) in [6, 6.07) is -3.32. The van der Waals surface area contributed by atoms with Gasteiger partial charge in [-0.25, -0.2) is 4.79 Å². The fourth-order valence-electron chi connectivity index (χ4n) is 2.20. The van der Waals surface area contributed by atoms with Gasteiger partial charge < -0.3 is 44.0 Å². The van der Waals surface area contributed by atoms with E-state index in [0.29, 0.717) is 13.0 Å². The second-order valence-electron chi connectivity index (χ2n) is 6.48. The average molecular weight is 463 g/mol. The summed E-state index contributed by atoms with van der Waals surface area (Å²) in [5, 5.41) is 15.9. The number of hydrogen-bond donors (Lipinski definition) is 9. The standard InChI is InChI=1S/C16H30N8O6S/c17-8(2-1-5-21-16(19)20)13(27)24-10(7-31)14(28)22-6-12(26)23-9(15(29)30)3-4-11(18)25/h8-10,31H,1-7,17H2,(H2,18,25)(H,22,28)(H,23,26)(H,24,27)(H,29,30)(H4,19,20,21). The zero-order chi connectivity index (χ0) is 24.0. The zero-order valence-corrected chi connectivity index (χ0v) is 17.8. The van der Waals surface area contributed by atoms with E-state index in [-0.39, 0.29) is 31.0 Å². The Kier molecular flexibility index (Phi) is 13.4. The fraction of sp³-hybridized carbons (Fsp3) is 0.625. The molecular formula is C16H30N8O6S. The lowest BCUT2D eigenvalue weighted by atomic mass is 10.1. The van der Waals surface area contributed by atoms with Crippen molar-refractivity contribution >= 4 is 48.2 Å². The Bertz CT molecular complexity index is 685. The fourth-order valence-corrected chi connectivity index (χ4v) is 2.46. The van der Waals surface area contributed by atoms with Gasteiger partial charge >= 0.3 is 5.97 Å². The van der Waals surface area contributed by atoms with Gasteiger partial charge in [0.15, 0.2) is 5.96 Å². The molecule has 0 fully saturated rings. The average Bonchev–Trinajstić information content (AvgIpc) is 2.69. The molecule has 12 N–H and O–H groups in total. The molecule has 0 aromatic heterocycles. The summed E-state index contributed by atoms with van der Waals surface area (Å²) in [5.41, 5.74) is 21.1. The lowest BCUT2D eigenvalue weighted by molar-refractivity contribution is -0.142. The van der Waals surface area contributed by atoms with E-state index in [1.807, 2.05) is 0 Å². The van der Waals surface area contributed by atoms with Crippen molar-refractivity contribution in [1.29, 1.82) is 0 Å². The number of nitrogens with two attached hydrogens (primary N) is 4. The van der Waals surface area contributed by atoms with Crippen molar-refractivity contribution in [2.75, 3.05) is 18.8 Å². The molecular weight excluding hydrogens is 432 g/mol. The third-order valence-corrected chi connectivity index (χ3v) is 4.22. The highest BCUT2D eigenvalue weighted by Crippen LogP contribution is 1.99. The summed E-state index contributed by atoms with van der Waals surface area (Å²) in [6.45, 7) is -0.254. The number of nitrogens with zero attached hydrogens (tertiary/aromatic N) is 1. The molecule has 0 aliphatic carbocycles. The number of aliphatic carboxylic acids is 1. The quantitative estimate of drug-likeness (QED) is 0.0493. The molecule has 0 saturated carbocycles. The molecule has 31 heavy (non-hydrogen) atoms. The van der Waals surface area contributed by atoms with E-state index in [4.69, 9.17) is 28.0 Å². The van der Waals surface area contributed by atoms with Gasteiger partial charge in [0.1, 0.15) is 12.1 Å². The van der Waals surface area contributed by atoms with Crippen molar-refractivity contribution < 1.29 is 29.1 Å². The molecule has 0 radical (unpaired) electrons. The Morgan fingerprint density at radius 1 is 0.968 bits per heavy atom. The van der Waals surface area contributed by atoms with Gasteiger partial charge in [-0.15, -0.1) is 0 Å². The van der Waals surface area contributed by atoms with Gasteiger partial charge in [-0.1, -0.05) is 0 Å². The van der Waals surface area contributed by atoms with Gasteiger partial charge in [0.25, 0.3) is 0 Å². The van der Waals surface area contributed by atoms with Crippen LogP contribution in [0.25, 0.3) is 0 Å². The molecule has 0 saturated heterocycles. The monoisotopic (exact) mass is 462 g/mol. The van der Waals surface area contributed by atoms with Crippen LogP contribution < -0.4 is 38.9 Å². The van der Waals surface area contributed by atoms with Crippen LogP contribution >= 0.6 is 12.6 Å². The summed E-state index contributed by atoms with van der Waals surface area (Å²) in [4.78, 5) is 61.8. The zero-order valence-electron chi connectivity index (χ0n) is 16.9. The molecule has 0 bridgehead atoms. The van der Waals surface area contributed by atoms with Gasteiger partial charge in [0.2, 0.25) is 23.6 Å². The first-order valence-electron chi connectivity index (χ1n) is 9.28. The maximum Gasteiger partial charge on any atom is 0.326 e. The van der Waals surface area contributed by atoms with Crippen LogP contribution in [0.1, 0.15) is 25.7 Å². The number of carboxylic acid groups (broad SMARTS) is 1. The first-order valence-corrected chi connectivity index (χ1v) is 9.91. The van der Waals surface area contributed by atoms with Crippen molar-refractivity contribution in [2.24, 2.45) is 27.9 Å². The van der Waals surface area contributed by atoms with E-state index < -0.39 is 54.3 Å². The van der Waals surface area contributed by atoms with Gasteiger partial charge in [0, 0.05) is 18.7 Å². The van der Waals surface area contributed by atoms with E-state index >= 15 is 0 Å². The van der Waals surface area contributed by atoms with Crippen LogP contribution in [-0.2, 0) is 24.0 Å². The van der Waals surface area contributed by atoms with Gasteiger partial charge in [-0.05, 0) is 19.3 Å². The smallest absolute Gasteiger partial charge is 0.326 e. The lowest BCUT2D eigenvalue weighted by Gasteiger charge is -2.19. The van der Waals surface area contributed by atoms with Gasteiger partial charge in [-0.3, -0.25) is 24.2 Å². The van der Waals surface area contributed by atoms with E-state index in [1.165, 1.54) is 0 Å². The van der Waals surface area contributed by atoms with E-state index in [9.17, 15) is 24.0 Å². The first kappa shape index (κ1) is 27.9. The first-order chi connectivity index (χ1) is 14.5. The number of guanidine groups is 1. The van der Waals surface area contributed by atoms with Crippen molar-refractivity contribution in [1.82, 2.24) is 16.0 Å². The molecule has 3 atom stereocenters. The topological polar surface area (TPSA) is 258 Å². The third kappa shape index (κ3) is 13.0. The Labute approximate surface area is 184 Å². The second-order valence-corrected chi connectivity index (χ2v) is 6.85. The number of carbonyl (C=O) groups is 5. The molecule has 0 aromatic carbocycles. The van der Waals surface area contributed by atoms with E-state index in [0.717, 1.165) is 0 Å². The predicted octanol–water partition coefficient (Wildman–Crippen LogP) is -4.27. The summed E-state index contributed by atoms with van der Waals surface area (Å²) in [6.07, 6.45) is 0.295. The van der Waals surface area contributed by atoms with Crippen LogP contribution in [-0.4, -0.2) is 77.6 Å².